The third-order valence-corrected chi connectivity index (χ3v) is 6.27. The molecule has 4 rings (SSSR count). The molecule has 0 saturated carbocycles. The number of rotatable bonds is 12. The van der Waals surface area contributed by atoms with Crippen LogP contribution in [0.4, 0.5) is 0 Å². The first-order valence-electron chi connectivity index (χ1n) is 12.5. The molecule has 0 radical (unpaired) electrons. The average molecular weight is 475 g/mol. The van der Waals surface area contributed by atoms with E-state index in [0.717, 1.165) is 48.8 Å². The number of aliphatic hydroxyl groups is 1. The van der Waals surface area contributed by atoms with Gasteiger partial charge in [0.25, 0.3) is 5.65 Å². The molecule has 7 nitrogen and oxygen atoms in total. The van der Waals surface area contributed by atoms with Crippen LogP contribution in [0, 0.1) is 5.21 Å². The van der Waals surface area contributed by atoms with E-state index >= 15 is 0 Å². The topological polar surface area (TPSA) is 87.1 Å². The second-order valence-electron chi connectivity index (χ2n) is 8.99. The molecule has 184 valence electrons. The standard InChI is InChI=1S/C28H34N4O3/c1-3-18-35-26-17-11-10-15-23(26)27-29-19-25-28(30-27)31(20-32(25)34)24(21(2)33)16-9-5-8-14-22-12-6-4-7-13-22/h4,6-7,10-13,15,17,19-21,24,33H,3,5,8-9,14,16,18H2,1-2H3. The first-order valence-corrected chi connectivity index (χ1v) is 12.5. The van der Waals surface area contributed by atoms with E-state index in [1.165, 1.54) is 11.9 Å². The largest absolute Gasteiger partial charge is 0.710 e. The maximum absolute atomic E-state index is 12.6. The molecule has 2 aromatic carbocycles. The minimum atomic E-state index is -0.627. The predicted octanol–water partition coefficient (Wildman–Crippen LogP) is 5.25. The molecule has 2 atom stereocenters. The highest BCUT2D eigenvalue weighted by Crippen LogP contribution is 2.29. The van der Waals surface area contributed by atoms with E-state index < -0.39 is 6.10 Å². The number of para-hydroxylation sites is 1. The van der Waals surface area contributed by atoms with Gasteiger partial charge in [-0.25, -0.2) is 14.3 Å². The van der Waals surface area contributed by atoms with Gasteiger partial charge < -0.3 is 15.1 Å². The summed E-state index contributed by atoms with van der Waals surface area (Å²) in [5, 5.41) is 23.2. The molecule has 0 spiro atoms. The highest BCUT2D eigenvalue weighted by molar-refractivity contribution is 5.72. The van der Waals surface area contributed by atoms with Crippen LogP contribution in [0.3, 0.4) is 0 Å². The van der Waals surface area contributed by atoms with Crippen molar-refractivity contribution < 1.29 is 14.6 Å². The van der Waals surface area contributed by atoms with E-state index in [1.54, 1.807) is 13.1 Å². The smallest absolute Gasteiger partial charge is 0.272 e. The van der Waals surface area contributed by atoms with Crippen LogP contribution in [0.2, 0.25) is 0 Å². The van der Waals surface area contributed by atoms with Gasteiger partial charge in [0.05, 0.1) is 24.5 Å². The van der Waals surface area contributed by atoms with Crippen molar-refractivity contribution in [2.45, 2.75) is 64.5 Å². The molecule has 0 saturated heterocycles. The fourth-order valence-electron chi connectivity index (χ4n) is 4.42. The maximum atomic E-state index is 12.6. The zero-order valence-electron chi connectivity index (χ0n) is 20.5. The second-order valence-corrected chi connectivity index (χ2v) is 8.99. The van der Waals surface area contributed by atoms with Gasteiger partial charge in [-0.05, 0) is 56.7 Å². The summed E-state index contributed by atoms with van der Waals surface area (Å²) in [5.74, 6) is 1.21. The first kappa shape index (κ1) is 24.7. The fourth-order valence-corrected chi connectivity index (χ4v) is 4.42. The van der Waals surface area contributed by atoms with Gasteiger partial charge in [0.2, 0.25) is 11.8 Å². The van der Waals surface area contributed by atoms with Gasteiger partial charge in [-0.15, -0.1) is 0 Å². The lowest BCUT2D eigenvalue weighted by Gasteiger charge is -2.17. The highest BCUT2D eigenvalue weighted by atomic mass is 16.5. The molecule has 7 heteroatoms. The molecule has 2 unspecified atom stereocenters. The fraction of sp³-hybridized carbons (Fsp3) is 0.393. The number of aryl methyl sites for hydroxylation is 1. The summed E-state index contributed by atoms with van der Waals surface area (Å²) in [6, 6.07) is 17.9. The minimum absolute atomic E-state index is 0.251. The van der Waals surface area contributed by atoms with Crippen molar-refractivity contribution in [3.8, 4) is 17.1 Å². The lowest BCUT2D eigenvalue weighted by atomic mass is 10.0. The first-order chi connectivity index (χ1) is 17.1. The molecule has 2 heterocycles. The van der Waals surface area contributed by atoms with Crippen LogP contribution in [0.25, 0.3) is 22.6 Å². The van der Waals surface area contributed by atoms with Gasteiger partial charge in [-0.3, -0.25) is 0 Å². The Balaban J connectivity index is 1.54. The molecule has 0 amide bonds. The summed E-state index contributed by atoms with van der Waals surface area (Å²) < 4.78 is 8.48. The van der Waals surface area contributed by atoms with E-state index in [0.29, 0.717) is 29.3 Å². The Morgan fingerprint density at radius 1 is 1.06 bits per heavy atom. The molecule has 2 aromatic heterocycles. The Morgan fingerprint density at radius 3 is 2.60 bits per heavy atom. The van der Waals surface area contributed by atoms with E-state index in [1.807, 2.05) is 34.9 Å². The van der Waals surface area contributed by atoms with Crippen molar-refractivity contribution >= 4 is 11.2 Å². The quantitative estimate of drug-likeness (QED) is 0.172. The van der Waals surface area contributed by atoms with Crippen molar-refractivity contribution in [3.05, 3.63) is 77.9 Å². The number of ether oxygens (including phenoxy) is 1. The number of fused-ring (bicyclic) bond motifs is 1. The summed E-state index contributed by atoms with van der Waals surface area (Å²) >= 11 is 0. The van der Waals surface area contributed by atoms with Crippen molar-refractivity contribution in [1.82, 2.24) is 14.5 Å². The summed E-state index contributed by atoms with van der Waals surface area (Å²) in [6.07, 6.45) is 8.19. The number of unbranched alkanes of at least 4 members (excludes halogenated alkanes) is 2. The number of hydrogen-bond acceptors (Lipinski definition) is 5. The van der Waals surface area contributed by atoms with Crippen LogP contribution >= 0.6 is 0 Å². The monoisotopic (exact) mass is 474 g/mol. The normalized spacial score (nSPS) is 13.1. The van der Waals surface area contributed by atoms with Gasteiger partial charge in [0, 0.05) is 0 Å². The number of nitrogens with zero attached hydrogens (tertiary/aromatic N) is 4. The molecule has 4 aromatic rings. The number of aliphatic hydroxyl groups excluding tert-OH is 1. The van der Waals surface area contributed by atoms with Crippen molar-refractivity contribution in [3.63, 3.8) is 0 Å². The van der Waals surface area contributed by atoms with Gasteiger partial charge >= 0.3 is 0 Å². The second kappa shape index (κ2) is 11.8. The molecule has 0 bridgehead atoms. The molecule has 35 heavy (non-hydrogen) atoms. The lowest BCUT2D eigenvalue weighted by Crippen LogP contribution is -2.26. The van der Waals surface area contributed by atoms with E-state index in [9.17, 15) is 10.3 Å². The Morgan fingerprint density at radius 2 is 1.83 bits per heavy atom. The Hall–Kier alpha value is -3.45. The molecule has 0 aliphatic carbocycles. The zero-order chi connectivity index (χ0) is 24.6. The molecular weight excluding hydrogens is 440 g/mol. The minimum Gasteiger partial charge on any atom is -0.710 e. The Bertz CT molecular complexity index is 1220. The third kappa shape index (κ3) is 5.98. The van der Waals surface area contributed by atoms with E-state index in [4.69, 9.17) is 9.72 Å². The van der Waals surface area contributed by atoms with Crippen LogP contribution in [0.5, 0.6) is 5.75 Å². The Labute approximate surface area is 206 Å². The van der Waals surface area contributed by atoms with E-state index in [-0.39, 0.29) is 6.04 Å². The summed E-state index contributed by atoms with van der Waals surface area (Å²) in [4.78, 5) is 9.21. The van der Waals surface area contributed by atoms with Crippen molar-refractivity contribution in [1.29, 1.82) is 0 Å². The third-order valence-electron chi connectivity index (χ3n) is 6.27. The average Bonchev–Trinajstić information content (AvgIpc) is 3.20. The zero-order valence-corrected chi connectivity index (χ0v) is 20.5. The molecule has 0 fully saturated rings. The number of imidazole rings is 1. The molecule has 1 N–H and O–H groups in total. The van der Waals surface area contributed by atoms with Crippen LogP contribution in [0.15, 0.2) is 67.1 Å². The Kier molecular flexibility index (Phi) is 8.32. The summed E-state index contributed by atoms with van der Waals surface area (Å²) in [5.41, 5.74) is 3.03. The highest BCUT2D eigenvalue weighted by Gasteiger charge is 2.27. The van der Waals surface area contributed by atoms with Crippen LogP contribution in [-0.2, 0) is 6.42 Å². The van der Waals surface area contributed by atoms with Crippen molar-refractivity contribution in [2.24, 2.45) is 0 Å². The lowest BCUT2D eigenvalue weighted by molar-refractivity contribution is -0.578. The van der Waals surface area contributed by atoms with Crippen LogP contribution < -0.4 is 9.47 Å². The predicted molar refractivity (Wildman–Crippen MR) is 137 cm³/mol. The maximum Gasteiger partial charge on any atom is 0.272 e. The van der Waals surface area contributed by atoms with Crippen LogP contribution in [-0.4, -0.2) is 32.4 Å². The number of benzene rings is 2. The van der Waals surface area contributed by atoms with Crippen molar-refractivity contribution in [2.75, 3.05) is 6.61 Å². The van der Waals surface area contributed by atoms with Gasteiger partial charge in [-0.2, -0.15) is 4.98 Å². The molecular formula is C28H34N4O3. The van der Waals surface area contributed by atoms with E-state index in [2.05, 4.69) is 36.2 Å². The van der Waals surface area contributed by atoms with Gasteiger partial charge in [0.1, 0.15) is 11.8 Å². The molecule has 0 aliphatic heterocycles. The number of aromatic nitrogens is 4. The summed E-state index contributed by atoms with van der Waals surface area (Å²) in [6.45, 7) is 4.43. The molecule has 0 aliphatic rings. The number of hydrogen-bond donors (Lipinski definition) is 1. The SMILES string of the molecule is CCCOc1ccccc1-c1ncc2c(n1)n(C(CCCCCc1ccccc1)C(C)O)c[n+]2[O-]. The van der Waals surface area contributed by atoms with Gasteiger partial charge in [-0.1, -0.05) is 55.8 Å². The summed E-state index contributed by atoms with van der Waals surface area (Å²) in [7, 11) is 0. The van der Waals surface area contributed by atoms with Gasteiger partial charge in [0.15, 0.2) is 5.82 Å². The van der Waals surface area contributed by atoms with Crippen LogP contribution in [0.1, 0.15) is 57.6 Å².